The molecule has 0 saturated heterocycles. The monoisotopic (exact) mass is 331 g/mol. The third kappa shape index (κ3) is 2.74. The number of fused-ring (bicyclic) bond motifs is 1. The van der Waals surface area contributed by atoms with Crippen LogP contribution in [0.2, 0.25) is 0 Å². The Hall–Kier alpha value is -1.88. The zero-order valence-corrected chi connectivity index (χ0v) is 14.6. The lowest BCUT2D eigenvalue weighted by molar-refractivity contribution is -0.136. The Bertz CT molecular complexity index is 713. The van der Waals surface area contributed by atoms with Gasteiger partial charge in [0.05, 0.1) is 18.6 Å². The van der Waals surface area contributed by atoms with E-state index in [9.17, 15) is 9.59 Å². The fraction of sp³-hybridized carbons (Fsp3) is 0.444. The molecule has 0 amide bonds. The average Bonchev–Trinajstić information content (AvgIpc) is 2.97. The number of carbonyl (C=O) groups is 2. The molecule has 1 aliphatic heterocycles. The Morgan fingerprint density at radius 2 is 2.13 bits per heavy atom. The second-order valence-corrected chi connectivity index (χ2v) is 7.68. The normalized spacial score (nSPS) is 26.3. The second kappa shape index (κ2) is 5.64. The molecule has 122 valence electrons. The number of hydrogen-bond acceptors (Lipinski definition) is 5. The first-order valence-electron chi connectivity index (χ1n) is 7.68. The Morgan fingerprint density at radius 3 is 2.74 bits per heavy atom. The van der Waals surface area contributed by atoms with E-state index in [0.717, 1.165) is 17.0 Å². The van der Waals surface area contributed by atoms with Gasteiger partial charge in [0.25, 0.3) is 0 Å². The molecule has 0 aromatic carbocycles. The van der Waals surface area contributed by atoms with Crippen LogP contribution in [0.3, 0.4) is 0 Å². The van der Waals surface area contributed by atoms with Crippen molar-refractivity contribution >= 4 is 23.1 Å². The quantitative estimate of drug-likeness (QED) is 0.844. The minimum Gasteiger partial charge on any atom is -0.466 e. The Balaban J connectivity index is 2.19. The lowest BCUT2D eigenvalue weighted by atomic mass is 9.67. The Morgan fingerprint density at radius 1 is 1.39 bits per heavy atom. The smallest absolute Gasteiger partial charge is 0.336 e. The van der Waals surface area contributed by atoms with Crippen molar-refractivity contribution in [3.63, 3.8) is 0 Å². The van der Waals surface area contributed by atoms with E-state index in [1.54, 1.807) is 11.3 Å². The summed E-state index contributed by atoms with van der Waals surface area (Å²) in [6.07, 6.45) is 2.62. The van der Waals surface area contributed by atoms with E-state index in [0.29, 0.717) is 12.0 Å². The molecule has 23 heavy (non-hydrogen) atoms. The molecular weight excluding hydrogens is 310 g/mol. The zero-order chi connectivity index (χ0) is 16.8. The second-order valence-electron chi connectivity index (χ2n) is 6.90. The minimum atomic E-state index is -0.372. The van der Waals surface area contributed by atoms with Crippen LogP contribution in [0, 0.1) is 11.3 Å². The maximum atomic E-state index is 12.9. The molecule has 0 bridgehead atoms. The summed E-state index contributed by atoms with van der Waals surface area (Å²) >= 11 is 1.57. The van der Waals surface area contributed by atoms with Gasteiger partial charge < -0.3 is 10.1 Å². The highest BCUT2D eigenvalue weighted by molar-refractivity contribution is 7.08. The highest BCUT2D eigenvalue weighted by Crippen LogP contribution is 2.47. The number of methoxy groups -OCH3 is 1. The van der Waals surface area contributed by atoms with E-state index >= 15 is 0 Å². The maximum absolute atomic E-state index is 12.9. The van der Waals surface area contributed by atoms with Crippen molar-refractivity contribution < 1.29 is 14.3 Å². The Kier molecular flexibility index (Phi) is 3.92. The van der Waals surface area contributed by atoms with Crippen LogP contribution in [-0.2, 0) is 14.3 Å². The molecule has 0 fully saturated rings. The third-order valence-electron chi connectivity index (χ3n) is 4.55. The van der Waals surface area contributed by atoms with Crippen LogP contribution >= 0.6 is 11.3 Å². The number of carbonyl (C=O) groups excluding carboxylic acids is 2. The summed E-state index contributed by atoms with van der Waals surface area (Å²) in [4.78, 5) is 25.2. The average molecular weight is 331 g/mol. The fourth-order valence-electron chi connectivity index (χ4n) is 3.66. The molecule has 1 N–H and O–H groups in total. The summed E-state index contributed by atoms with van der Waals surface area (Å²) in [5, 5.41) is 7.27. The number of hydrogen-bond donors (Lipinski definition) is 1. The van der Waals surface area contributed by atoms with Gasteiger partial charge in [-0.05, 0) is 34.7 Å². The molecule has 3 rings (SSSR count). The molecule has 0 spiro atoms. The number of nitrogens with one attached hydrogen (secondary N) is 1. The van der Waals surface area contributed by atoms with Crippen LogP contribution in [0.5, 0.6) is 0 Å². The summed E-state index contributed by atoms with van der Waals surface area (Å²) in [5.74, 6) is -0.812. The van der Waals surface area contributed by atoms with Crippen molar-refractivity contribution in [3.8, 4) is 0 Å². The van der Waals surface area contributed by atoms with E-state index in [4.69, 9.17) is 4.74 Å². The van der Waals surface area contributed by atoms with Gasteiger partial charge in [-0.3, -0.25) is 4.79 Å². The molecule has 2 heterocycles. The minimum absolute atomic E-state index is 0.168. The summed E-state index contributed by atoms with van der Waals surface area (Å²) in [6, 6.07) is 1.99. The molecule has 4 nitrogen and oxygen atoms in total. The van der Waals surface area contributed by atoms with Crippen LogP contribution in [0.4, 0.5) is 0 Å². The maximum Gasteiger partial charge on any atom is 0.336 e. The van der Waals surface area contributed by atoms with Crippen LogP contribution in [0.1, 0.15) is 38.7 Å². The van der Waals surface area contributed by atoms with Gasteiger partial charge in [0.1, 0.15) is 5.78 Å². The number of ether oxygens (including phenoxy) is 1. The standard InChI is InChI=1S/C18H21NO3S/c1-10-14(17(21)22-4)15(11-5-6-23-9-11)16-12(19-10)7-18(2,3)8-13(16)20/h5-7,9,15-16,19H,8H2,1-4H3. The fourth-order valence-corrected chi connectivity index (χ4v) is 4.35. The van der Waals surface area contributed by atoms with Crippen molar-refractivity contribution in [3.05, 3.63) is 45.4 Å². The van der Waals surface area contributed by atoms with Gasteiger partial charge >= 0.3 is 5.97 Å². The number of allylic oxidation sites excluding steroid dienone is 3. The number of thiophene rings is 1. The van der Waals surface area contributed by atoms with Crippen molar-refractivity contribution in [2.45, 2.75) is 33.1 Å². The van der Waals surface area contributed by atoms with Gasteiger partial charge in [-0.25, -0.2) is 4.79 Å². The third-order valence-corrected chi connectivity index (χ3v) is 5.25. The van der Waals surface area contributed by atoms with Crippen LogP contribution in [0.15, 0.2) is 39.9 Å². The van der Waals surface area contributed by atoms with Crippen molar-refractivity contribution in [1.82, 2.24) is 5.32 Å². The highest BCUT2D eigenvalue weighted by atomic mass is 32.1. The number of ketones is 1. The first-order valence-corrected chi connectivity index (χ1v) is 8.62. The number of Topliss-reactive ketones (excluding diaryl/α,β-unsaturated/α-hetero) is 1. The van der Waals surface area contributed by atoms with Crippen LogP contribution < -0.4 is 5.32 Å². The number of esters is 1. The van der Waals surface area contributed by atoms with E-state index in [1.165, 1.54) is 7.11 Å². The van der Waals surface area contributed by atoms with Gasteiger partial charge in [0, 0.05) is 23.7 Å². The van der Waals surface area contributed by atoms with E-state index in [2.05, 4.69) is 25.2 Å². The lowest BCUT2D eigenvalue weighted by Gasteiger charge is -2.41. The molecule has 2 aliphatic rings. The topological polar surface area (TPSA) is 55.4 Å². The summed E-state index contributed by atoms with van der Waals surface area (Å²) in [6.45, 7) is 5.99. The Labute approximate surface area is 140 Å². The molecule has 0 saturated carbocycles. The molecule has 0 radical (unpaired) electrons. The molecule has 5 heteroatoms. The van der Waals surface area contributed by atoms with E-state index < -0.39 is 0 Å². The van der Waals surface area contributed by atoms with E-state index in [1.807, 2.05) is 23.8 Å². The SMILES string of the molecule is COC(=O)C1=C(C)NC2=CC(C)(C)CC(=O)C2C1c1ccsc1. The highest BCUT2D eigenvalue weighted by Gasteiger charge is 2.46. The molecule has 2 atom stereocenters. The summed E-state index contributed by atoms with van der Waals surface area (Å²) in [5.41, 5.74) is 3.06. The van der Waals surface area contributed by atoms with Crippen LogP contribution in [0.25, 0.3) is 0 Å². The first kappa shape index (κ1) is 16.0. The number of rotatable bonds is 2. The zero-order valence-electron chi connectivity index (χ0n) is 13.8. The van der Waals surface area contributed by atoms with Crippen LogP contribution in [-0.4, -0.2) is 18.9 Å². The van der Waals surface area contributed by atoms with Gasteiger partial charge in [-0.1, -0.05) is 19.9 Å². The summed E-state index contributed by atoms with van der Waals surface area (Å²) in [7, 11) is 1.38. The molecule has 1 aliphatic carbocycles. The van der Waals surface area contributed by atoms with Crippen molar-refractivity contribution in [2.75, 3.05) is 7.11 Å². The van der Waals surface area contributed by atoms with Gasteiger partial charge in [-0.15, -0.1) is 0 Å². The first-order chi connectivity index (χ1) is 10.8. The van der Waals surface area contributed by atoms with Crippen molar-refractivity contribution in [1.29, 1.82) is 0 Å². The predicted octanol–water partition coefficient (Wildman–Crippen LogP) is 3.38. The lowest BCUT2D eigenvalue weighted by Crippen LogP contribution is -2.43. The molecule has 1 aromatic rings. The van der Waals surface area contributed by atoms with Gasteiger partial charge in [0.15, 0.2) is 0 Å². The van der Waals surface area contributed by atoms with E-state index in [-0.39, 0.29) is 29.0 Å². The predicted molar refractivity (Wildman–Crippen MR) is 89.9 cm³/mol. The largest absolute Gasteiger partial charge is 0.466 e. The van der Waals surface area contributed by atoms with Gasteiger partial charge in [0.2, 0.25) is 0 Å². The molecule has 1 aromatic heterocycles. The molecule has 2 unspecified atom stereocenters. The summed E-state index contributed by atoms with van der Waals surface area (Å²) < 4.78 is 4.98. The van der Waals surface area contributed by atoms with Gasteiger partial charge in [-0.2, -0.15) is 11.3 Å². The van der Waals surface area contributed by atoms with Crippen molar-refractivity contribution in [2.24, 2.45) is 11.3 Å². The molecular formula is C18H21NO3S.